The maximum Gasteiger partial charge on any atom is 0.252 e. The number of ketones is 2. The molecular weight excluding hydrogens is 496 g/mol. The van der Waals surface area contributed by atoms with Crippen LogP contribution < -0.4 is 5.32 Å². The molecule has 2 heterocycles. The largest absolute Gasteiger partial charge is 0.325 e. The molecule has 1 unspecified atom stereocenters. The standard InChI is InChI=1S/C24H19ClN2O5S2/c25-19-10-11-20(33-19)34(31,32)27-12-4-5-14(13-27)24(30)26-18-9-3-8-17-21(18)23(29)16-7-2-1-6-15(16)22(17)28/h1-3,6-11,14H,4-5,12-13H2,(H,26,30). The summed E-state index contributed by atoms with van der Waals surface area (Å²) in [7, 11) is -3.76. The van der Waals surface area contributed by atoms with Crippen molar-refractivity contribution in [3.63, 3.8) is 0 Å². The number of amides is 1. The minimum absolute atomic E-state index is 0.0222. The van der Waals surface area contributed by atoms with Gasteiger partial charge in [-0.1, -0.05) is 48.0 Å². The van der Waals surface area contributed by atoms with Crippen LogP contribution in [0.25, 0.3) is 0 Å². The van der Waals surface area contributed by atoms with Crippen LogP contribution in [-0.4, -0.2) is 43.3 Å². The minimum Gasteiger partial charge on any atom is -0.325 e. The minimum atomic E-state index is -3.76. The highest BCUT2D eigenvalue weighted by molar-refractivity contribution is 7.91. The SMILES string of the molecule is O=C1c2ccccc2C(=O)c2c(NC(=O)C3CCCN(S(=O)(=O)c4ccc(Cl)s4)C3)cccc21. The van der Waals surface area contributed by atoms with Crippen LogP contribution in [0.5, 0.6) is 0 Å². The van der Waals surface area contributed by atoms with E-state index < -0.39 is 21.8 Å². The highest BCUT2D eigenvalue weighted by Gasteiger charge is 2.36. The number of carbonyl (C=O) groups is 3. The molecule has 1 amide bonds. The Labute approximate surface area is 205 Å². The van der Waals surface area contributed by atoms with E-state index in [2.05, 4.69) is 5.32 Å². The van der Waals surface area contributed by atoms with Gasteiger partial charge in [-0.3, -0.25) is 14.4 Å². The molecule has 1 aliphatic carbocycles. The quantitative estimate of drug-likeness (QED) is 0.439. The first-order valence-electron chi connectivity index (χ1n) is 10.6. The van der Waals surface area contributed by atoms with Crippen LogP contribution in [0.4, 0.5) is 5.69 Å². The Morgan fingerprint density at radius 1 is 0.971 bits per heavy atom. The van der Waals surface area contributed by atoms with Crippen LogP contribution in [0.3, 0.4) is 0 Å². The Kier molecular flexibility index (Phi) is 5.89. The van der Waals surface area contributed by atoms with Crippen LogP contribution in [0.15, 0.2) is 58.8 Å². The van der Waals surface area contributed by atoms with Crippen molar-refractivity contribution < 1.29 is 22.8 Å². The molecule has 1 atom stereocenters. The van der Waals surface area contributed by atoms with E-state index in [0.717, 1.165) is 11.3 Å². The molecule has 2 aliphatic rings. The molecule has 1 saturated heterocycles. The molecule has 5 rings (SSSR count). The van der Waals surface area contributed by atoms with E-state index in [0.29, 0.717) is 34.8 Å². The van der Waals surface area contributed by atoms with Gasteiger partial charge in [-0.05, 0) is 31.0 Å². The Morgan fingerprint density at radius 3 is 2.38 bits per heavy atom. The van der Waals surface area contributed by atoms with Gasteiger partial charge in [0.25, 0.3) is 10.0 Å². The van der Waals surface area contributed by atoms with Gasteiger partial charge in [0.05, 0.1) is 21.5 Å². The maximum atomic E-state index is 13.2. The Bertz CT molecular complexity index is 1450. The number of fused-ring (bicyclic) bond motifs is 2. The van der Waals surface area contributed by atoms with Gasteiger partial charge in [0.1, 0.15) is 4.21 Å². The molecule has 0 bridgehead atoms. The molecular formula is C24H19ClN2O5S2. The monoisotopic (exact) mass is 514 g/mol. The molecule has 0 radical (unpaired) electrons. The van der Waals surface area contributed by atoms with E-state index in [1.54, 1.807) is 42.5 Å². The number of hydrogen-bond donors (Lipinski definition) is 1. The molecule has 0 spiro atoms. The second-order valence-electron chi connectivity index (χ2n) is 8.18. The number of piperidine rings is 1. The topological polar surface area (TPSA) is 101 Å². The van der Waals surface area contributed by atoms with Gasteiger partial charge in [0, 0.05) is 29.8 Å². The van der Waals surface area contributed by atoms with Crippen molar-refractivity contribution in [2.24, 2.45) is 5.92 Å². The van der Waals surface area contributed by atoms with Crippen LogP contribution in [0.2, 0.25) is 4.34 Å². The van der Waals surface area contributed by atoms with Crippen molar-refractivity contribution in [2.75, 3.05) is 18.4 Å². The lowest BCUT2D eigenvalue weighted by molar-refractivity contribution is -0.120. The molecule has 1 fully saturated rings. The van der Waals surface area contributed by atoms with E-state index in [9.17, 15) is 22.8 Å². The van der Waals surface area contributed by atoms with Crippen LogP contribution in [0.1, 0.15) is 44.7 Å². The summed E-state index contributed by atoms with van der Waals surface area (Å²) < 4.78 is 27.8. The summed E-state index contributed by atoms with van der Waals surface area (Å²) in [5.74, 6) is -1.59. The summed E-state index contributed by atoms with van der Waals surface area (Å²) in [6.45, 7) is 0.334. The van der Waals surface area contributed by atoms with E-state index in [4.69, 9.17) is 11.6 Å². The molecule has 0 saturated carbocycles. The molecule has 10 heteroatoms. The van der Waals surface area contributed by atoms with E-state index in [1.165, 1.54) is 16.4 Å². The van der Waals surface area contributed by atoms with Gasteiger partial charge < -0.3 is 5.32 Å². The van der Waals surface area contributed by atoms with E-state index in [1.807, 2.05) is 0 Å². The molecule has 3 aromatic rings. The fourth-order valence-corrected chi connectivity index (χ4v) is 7.58. The average Bonchev–Trinajstić information content (AvgIpc) is 3.29. The van der Waals surface area contributed by atoms with Gasteiger partial charge in [-0.15, -0.1) is 11.3 Å². The van der Waals surface area contributed by atoms with Crippen molar-refractivity contribution in [1.82, 2.24) is 4.31 Å². The lowest BCUT2D eigenvalue weighted by atomic mass is 9.83. The lowest BCUT2D eigenvalue weighted by Crippen LogP contribution is -2.43. The molecule has 1 N–H and O–H groups in total. The molecule has 174 valence electrons. The first kappa shape index (κ1) is 22.9. The Morgan fingerprint density at radius 2 is 1.68 bits per heavy atom. The third-order valence-electron chi connectivity index (χ3n) is 6.11. The summed E-state index contributed by atoms with van der Waals surface area (Å²) in [4.78, 5) is 39.3. The molecule has 2 aromatic carbocycles. The summed E-state index contributed by atoms with van der Waals surface area (Å²) in [5.41, 5.74) is 1.29. The van der Waals surface area contributed by atoms with Gasteiger partial charge in [0.15, 0.2) is 11.6 Å². The number of halogens is 1. The average molecular weight is 515 g/mol. The number of rotatable bonds is 4. The lowest BCUT2D eigenvalue weighted by Gasteiger charge is -2.31. The molecule has 34 heavy (non-hydrogen) atoms. The number of benzene rings is 2. The zero-order chi connectivity index (χ0) is 24.0. The number of sulfonamides is 1. The van der Waals surface area contributed by atoms with Crippen molar-refractivity contribution in [3.05, 3.63) is 81.2 Å². The highest BCUT2D eigenvalue weighted by atomic mass is 35.5. The number of carbonyl (C=O) groups excluding carboxylic acids is 3. The highest BCUT2D eigenvalue weighted by Crippen LogP contribution is 2.34. The zero-order valence-electron chi connectivity index (χ0n) is 17.8. The molecule has 1 aliphatic heterocycles. The number of nitrogens with one attached hydrogen (secondary N) is 1. The third-order valence-corrected chi connectivity index (χ3v) is 9.67. The first-order chi connectivity index (χ1) is 16.3. The van der Waals surface area contributed by atoms with Crippen LogP contribution in [-0.2, 0) is 14.8 Å². The number of thiophene rings is 1. The zero-order valence-corrected chi connectivity index (χ0v) is 20.2. The number of anilines is 1. The predicted octanol–water partition coefficient (Wildman–Crippen LogP) is 4.22. The number of nitrogens with zero attached hydrogens (tertiary/aromatic N) is 1. The van der Waals surface area contributed by atoms with E-state index >= 15 is 0 Å². The first-order valence-corrected chi connectivity index (χ1v) is 13.3. The number of hydrogen-bond acceptors (Lipinski definition) is 6. The summed E-state index contributed by atoms with van der Waals surface area (Å²) >= 11 is 6.88. The maximum absolute atomic E-state index is 13.2. The second-order valence-corrected chi connectivity index (χ2v) is 12.1. The van der Waals surface area contributed by atoms with Crippen molar-refractivity contribution in [2.45, 2.75) is 17.1 Å². The van der Waals surface area contributed by atoms with Crippen molar-refractivity contribution >= 4 is 56.1 Å². The van der Waals surface area contributed by atoms with Gasteiger partial charge in [-0.2, -0.15) is 4.31 Å². The second kappa shape index (κ2) is 8.74. The van der Waals surface area contributed by atoms with Crippen molar-refractivity contribution in [1.29, 1.82) is 0 Å². The van der Waals surface area contributed by atoms with Crippen LogP contribution in [0, 0.1) is 5.92 Å². The fraction of sp³-hybridized carbons (Fsp3) is 0.208. The van der Waals surface area contributed by atoms with Gasteiger partial charge in [-0.25, -0.2) is 8.42 Å². The smallest absolute Gasteiger partial charge is 0.252 e. The molecule has 1 aromatic heterocycles. The summed E-state index contributed by atoms with van der Waals surface area (Å²) in [6.07, 6.45) is 1.03. The van der Waals surface area contributed by atoms with Gasteiger partial charge >= 0.3 is 0 Å². The molecule has 7 nitrogen and oxygen atoms in total. The summed E-state index contributed by atoms with van der Waals surface area (Å²) in [6, 6.07) is 14.4. The predicted molar refractivity (Wildman–Crippen MR) is 129 cm³/mol. The Balaban J connectivity index is 1.39. The van der Waals surface area contributed by atoms with Crippen LogP contribution >= 0.6 is 22.9 Å². The fourth-order valence-electron chi connectivity index (χ4n) is 4.42. The Hall–Kier alpha value is -2.85. The summed E-state index contributed by atoms with van der Waals surface area (Å²) in [5, 5.41) is 2.79. The van der Waals surface area contributed by atoms with Gasteiger partial charge in [0.2, 0.25) is 5.91 Å². The van der Waals surface area contributed by atoms with E-state index in [-0.39, 0.29) is 39.1 Å². The van der Waals surface area contributed by atoms with Crippen molar-refractivity contribution in [3.8, 4) is 0 Å². The normalized spacial score (nSPS) is 18.3. The third kappa shape index (κ3) is 3.88.